The highest BCUT2D eigenvalue weighted by Gasteiger charge is 2.11. The number of ether oxygens (including phenoxy) is 1. The van der Waals surface area contributed by atoms with Crippen molar-refractivity contribution in [2.24, 2.45) is 0 Å². The summed E-state index contributed by atoms with van der Waals surface area (Å²) in [5, 5.41) is 2.70. The zero-order valence-electron chi connectivity index (χ0n) is 11.3. The highest BCUT2D eigenvalue weighted by molar-refractivity contribution is 5.95. The van der Waals surface area contributed by atoms with Gasteiger partial charge >= 0.3 is 0 Å². The molecule has 4 nitrogen and oxygen atoms in total. The number of halogens is 1. The van der Waals surface area contributed by atoms with E-state index >= 15 is 0 Å². The van der Waals surface area contributed by atoms with Crippen LogP contribution in [-0.2, 0) is 0 Å². The van der Waals surface area contributed by atoms with Crippen molar-refractivity contribution in [3.8, 4) is 16.9 Å². The third kappa shape index (κ3) is 2.93. The molecule has 0 fully saturated rings. The molecule has 1 heterocycles. The number of carbonyl (C=O) groups is 1. The molecule has 0 aliphatic rings. The van der Waals surface area contributed by atoms with Gasteiger partial charge in [0.15, 0.2) is 0 Å². The number of amides is 1. The maximum atomic E-state index is 13.4. The summed E-state index contributed by atoms with van der Waals surface area (Å²) in [6, 6.07) is 5.89. The summed E-state index contributed by atoms with van der Waals surface area (Å²) >= 11 is 0. The van der Waals surface area contributed by atoms with Gasteiger partial charge in [0.05, 0.1) is 12.7 Å². The third-order valence-electron chi connectivity index (χ3n) is 2.81. The van der Waals surface area contributed by atoms with Gasteiger partial charge in [-0.1, -0.05) is 0 Å². The summed E-state index contributed by atoms with van der Waals surface area (Å²) in [7, 11) is 1.51. The topological polar surface area (TPSA) is 51.2 Å². The van der Waals surface area contributed by atoms with E-state index in [-0.39, 0.29) is 11.7 Å². The molecular formula is C15H15FN2O2. The first-order valence-corrected chi connectivity index (χ1v) is 6.23. The molecule has 1 aromatic heterocycles. The molecule has 0 aliphatic carbocycles. The quantitative estimate of drug-likeness (QED) is 0.932. The molecule has 1 N–H and O–H groups in total. The van der Waals surface area contributed by atoms with Crippen LogP contribution in [0.2, 0.25) is 0 Å². The second-order valence-corrected chi connectivity index (χ2v) is 4.17. The van der Waals surface area contributed by atoms with Crippen LogP contribution in [-0.4, -0.2) is 24.5 Å². The molecule has 0 aliphatic heterocycles. The number of rotatable bonds is 4. The molecule has 2 aromatic rings. The zero-order chi connectivity index (χ0) is 14.5. The lowest BCUT2D eigenvalue weighted by atomic mass is 10.0. The molecular weight excluding hydrogens is 259 g/mol. The number of nitrogens with one attached hydrogen (secondary N) is 1. The summed E-state index contributed by atoms with van der Waals surface area (Å²) in [5.74, 6) is -0.0531. The molecule has 0 bridgehead atoms. The van der Waals surface area contributed by atoms with Gasteiger partial charge < -0.3 is 10.1 Å². The van der Waals surface area contributed by atoms with Crippen LogP contribution in [0.5, 0.6) is 5.75 Å². The molecule has 0 radical (unpaired) electrons. The number of pyridine rings is 1. The molecule has 20 heavy (non-hydrogen) atoms. The van der Waals surface area contributed by atoms with Gasteiger partial charge in [0, 0.05) is 30.1 Å². The molecule has 0 spiro atoms. The van der Waals surface area contributed by atoms with Crippen LogP contribution < -0.4 is 10.1 Å². The molecule has 5 heteroatoms. The van der Waals surface area contributed by atoms with Crippen molar-refractivity contribution >= 4 is 5.91 Å². The van der Waals surface area contributed by atoms with E-state index in [1.807, 2.05) is 6.92 Å². The lowest BCUT2D eigenvalue weighted by Crippen LogP contribution is -2.22. The molecule has 104 valence electrons. The standard InChI is InChI=1S/C15H15FN2O2/c1-3-18-15(19)11-6-10(8-17-9-11)13-7-12(16)4-5-14(13)20-2/h4-9H,3H2,1-2H3,(H,18,19). The minimum Gasteiger partial charge on any atom is -0.496 e. The normalized spacial score (nSPS) is 10.2. The third-order valence-corrected chi connectivity index (χ3v) is 2.81. The second-order valence-electron chi connectivity index (χ2n) is 4.17. The SMILES string of the molecule is CCNC(=O)c1cncc(-c2cc(F)ccc2OC)c1. The molecule has 0 atom stereocenters. The van der Waals surface area contributed by atoms with Crippen LogP contribution in [0.3, 0.4) is 0 Å². The Balaban J connectivity index is 2.45. The summed E-state index contributed by atoms with van der Waals surface area (Å²) in [4.78, 5) is 15.8. The summed E-state index contributed by atoms with van der Waals surface area (Å²) in [5.41, 5.74) is 1.62. The van der Waals surface area contributed by atoms with Crippen LogP contribution >= 0.6 is 0 Å². The maximum Gasteiger partial charge on any atom is 0.252 e. The lowest BCUT2D eigenvalue weighted by Gasteiger charge is -2.09. The number of hydrogen-bond acceptors (Lipinski definition) is 3. The average molecular weight is 274 g/mol. The first-order valence-electron chi connectivity index (χ1n) is 6.23. The minimum atomic E-state index is -0.371. The molecule has 0 unspecified atom stereocenters. The lowest BCUT2D eigenvalue weighted by molar-refractivity contribution is 0.0955. The first-order chi connectivity index (χ1) is 9.65. The van der Waals surface area contributed by atoms with E-state index in [0.29, 0.717) is 29.0 Å². The number of hydrogen-bond donors (Lipinski definition) is 1. The maximum absolute atomic E-state index is 13.4. The fraction of sp³-hybridized carbons (Fsp3) is 0.200. The van der Waals surface area contributed by atoms with Gasteiger partial charge in [0.1, 0.15) is 11.6 Å². The Morgan fingerprint density at radius 3 is 2.85 bits per heavy atom. The second kappa shape index (κ2) is 6.14. The average Bonchev–Trinajstić information content (AvgIpc) is 2.47. The highest BCUT2D eigenvalue weighted by Crippen LogP contribution is 2.30. The van der Waals surface area contributed by atoms with Crippen molar-refractivity contribution in [1.82, 2.24) is 10.3 Å². The number of benzene rings is 1. The fourth-order valence-corrected chi connectivity index (χ4v) is 1.88. The van der Waals surface area contributed by atoms with E-state index in [9.17, 15) is 9.18 Å². The highest BCUT2D eigenvalue weighted by atomic mass is 19.1. The van der Waals surface area contributed by atoms with E-state index in [1.165, 1.54) is 25.4 Å². The Bertz CT molecular complexity index is 629. The largest absolute Gasteiger partial charge is 0.496 e. The van der Waals surface area contributed by atoms with Gasteiger partial charge in [-0.2, -0.15) is 0 Å². The Morgan fingerprint density at radius 2 is 2.15 bits per heavy atom. The van der Waals surface area contributed by atoms with E-state index in [4.69, 9.17) is 4.74 Å². The van der Waals surface area contributed by atoms with Gasteiger partial charge in [-0.05, 0) is 31.2 Å². The Hall–Kier alpha value is -2.43. The number of nitrogens with zero attached hydrogens (tertiary/aromatic N) is 1. The van der Waals surface area contributed by atoms with Crippen molar-refractivity contribution in [1.29, 1.82) is 0 Å². The van der Waals surface area contributed by atoms with Crippen molar-refractivity contribution in [3.63, 3.8) is 0 Å². The summed E-state index contributed by atoms with van der Waals surface area (Å²) in [6.45, 7) is 2.37. The summed E-state index contributed by atoms with van der Waals surface area (Å²) in [6.07, 6.45) is 3.04. The van der Waals surface area contributed by atoms with Crippen LogP contribution in [0.15, 0.2) is 36.7 Å². The van der Waals surface area contributed by atoms with Gasteiger partial charge in [0.25, 0.3) is 5.91 Å². The number of carbonyl (C=O) groups excluding carboxylic acids is 1. The molecule has 0 saturated heterocycles. The predicted molar refractivity (Wildman–Crippen MR) is 74.2 cm³/mol. The van der Waals surface area contributed by atoms with Gasteiger partial charge in [-0.25, -0.2) is 4.39 Å². The number of methoxy groups -OCH3 is 1. The van der Waals surface area contributed by atoms with Crippen LogP contribution in [0, 0.1) is 5.82 Å². The first kappa shape index (κ1) is 14.0. The van der Waals surface area contributed by atoms with E-state index in [1.54, 1.807) is 18.3 Å². The minimum absolute atomic E-state index is 0.211. The zero-order valence-corrected chi connectivity index (χ0v) is 11.3. The van der Waals surface area contributed by atoms with Gasteiger partial charge in [0.2, 0.25) is 0 Å². The predicted octanol–water partition coefficient (Wildman–Crippen LogP) is 2.65. The van der Waals surface area contributed by atoms with E-state index < -0.39 is 0 Å². The van der Waals surface area contributed by atoms with Crippen molar-refractivity contribution in [2.75, 3.05) is 13.7 Å². The molecule has 1 amide bonds. The van der Waals surface area contributed by atoms with Crippen molar-refractivity contribution < 1.29 is 13.9 Å². The number of aromatic nitrogens is 1. The van der Waals surface area contributed by atoms with Crippen LogP contribution in [0.1, 0.15) is 17.3 Å². The van der Waals surface area contributed by atoms with Crippen LogP contribution in [0.4, 0.5) is 4.39 Å². The van der Waals surface area contributed by atoms with Crippen LogP contribution in [0.25, 0.3) is 11.1 Å². The Kier molecular flexibility index (Phi) is 4.30. The van der Waals surface area contributed by atoms with Crippen molar-refractivity contribution in [2.45, 2.75) is 6.92 Å². The molecule has 0 saturated carbocycles. The monoisotopic (exact) mass is 274 g/mol. The Labute approximate surface area is 116 Å². The molecule has 1 aromatic carbocycles. The van der Waals surface area contributed by atoms with Gasteiger partial charge in [-0.15, -0.1) is 0 Å². The molecule has 2 rings (SSSR count). The van der Waals surface area contributed by atoms with E-state index in [2.05, 4.69) is 10.3 Å². The Morgan fingerprint density at radius 1 is 1.35 bits per heavy atom. The van der Waals surface area contributed by atoms with E-state index in [0.717, 1.165) is 0 Å². The fourth-order valence-electron chi connectivity index (χ4n) is 1.88. The smallest absolute Gasteiger partial charge is 0.252 e. The van der Waals surface area contributed by atoms with Crippen molar-refractivity contribution in [3.05, 3.63) is 48.0 Å². The summed E-state index contributed by atoms with van der Waals surface area (Å²) < 4.78 is 18.6. The van der Waals surface area contributed by atoms with Gasteiger partial charge in [-0.3, -0.25) is 9.78 Å².